The van der Waals surface area contributed by atoms with Gasteiger partial charge in [-0.2, -0.15) is 0 Å². The van der Waals surface area contributed by atoms with E-state index in [0.29, 0.717) is 23.8 Å². The van der Waals surface area contributed by atoms with Crippen LogP contribution < -0.4 is 9.47 Å². The lowest BCUT2D eigenvalue weighted by Crippen LogP contribution is -2.35. The molecule has 0 amide bonds. The molecule has 1 N–H and O–H groups in total. The average Bonchev–Trinajstić information content (AvgIpc) is 3.04. The topological polar surface area (TPSA) is 77.4 Å². The fourth-order valence-corrected chi connectivity index (χ4v) is 2.51. The van der Waals surface area contributed by atoms with E-state index in [4.69, 9.17) is 14.3 Å². The predicted octanol–water partition coefficient (Wildman–Crippen LogP) is 3.24. The Morgan fingerprint density at radius 3 is 2.64 bits per heavy atom. The first-order valence-corrected chi connectivity index (χ1v) is 7.85. The lowest BCUT2D eigenvalue weighted by Gasteiger charge is -2.15. The van der Waals surface area contributed by atoms with Crippen molar-refractivity contribution in [2.24, 2.45) is 5.16 Å². The van der Waals surface area contributed by atoms with Crippen LogP contribution in [0.25, 0.3) is 0 Å². The summed E-state index contributed by atoms with van der Waals surface area (Å²) in [4.78, 5) is 16.3. The van der Waals surface area contributed by atoms with Crippen molar-refractivity contribution in [1.29, 1.82) is 0 Å². The Kier molecular flexibility index (Phi) is 4.61. The summed E-state index contributed by atoms with van der Waals surface area (Å²) in [5.74, 6) is 0.122. The number of benzene rings is 2. The molecule has 1 aliphatic heterocycles. The summed E-state index contributed by atoms with van der Waals surface area (Å²) < 4.78 is 11.2. The van der Waals surface area contributed by atoms with Crippen LogP contribution in [0, 0.1) is 0 Å². The van der Waals surface area contributed by atoms with Crippen molar-refractivity contribution in [3.05, 3.63) is 59.7 Å². The minimum atomic E-state index is -1.33. The second-order valence-electron chi connectivity index (χ2n) is 5.98. The predicted molar refractivity (Wildman–Crippen MR) is 92.0 cm³/mol. The third kappa shape index (κ3) is 3.57. The van der Waals surface area contributed by atoms with Gasteiger partial charge in [0.2, 0.25) is 5.60 Å². The summed E-state index contributed by atoms with van der Waals surface area (Å²) in [6, 6.07) is 15.2. The van der Waals surface area contributed by atoms with E-state index in [1.54, 1.807) is 19.2 Å². The highest BCUT2D eigenvalue weighted by atomic mass is 16.7. The summed E-state index contributed by atoms with van der Waals surface area (Å²) in [6.45, 7) is 1.93. The van der Waals surface area contributed by atoms with Gasteiger partial charge >= 0.3 is 5.97 Å². The van der Waals surface area contributed by atoms with Crippen LogP contribution in [-0.2, 0) is 16.2 Å². The first-order valence-electron chi connectivity index (χ1n) is 7.85. The van der Waals surface area contributed by atoms with E-state index >= 15 is 0 Å². The fraction of sp³-hybridized carbons (Fsp3) is 0.263. The molecule has 0 fully saturated rings. The van der Waals surface area contributed by atoms with Crippen molar-refractivity contribution in [2.75, 3.05) is 7.11 Å². The zero-order valence-electron chi connectivity index (χ0n) is 14.1. The lowest BCUT2D eigenvalue weighted by atomic mass is 9.96. The quantitative estimate of drug-likeness (QED) is 0.873. The molecule has 0 aliphatic carbocycles. The molecule has 0 bridgehead atoms. The monoisotopic (exact) mass is 341 g/mol. The SMILES string of the molecule is COc1cc(C2=NOC(C)(C(=O)O)C2)ccc1OCc1ccccc1. The molecule has 130 valence electrons. The lowest BCUT2D eigenvalue weighted by molar-refractivity contribution is -0.160. The van der Waals surface area contributed by atoms with Crippen LogP contribution in [0.4, 0.5) is 0 Å². The molecule has 6 nitrogen and oxygen atoms in total. The number of nitrogens with zero attached hydrogens (tertiary/aromatic N) is 1. The molecule has 2 aromatic carbocycles. The van der Waals surface area contributed by atoms with Crippen molar-refractivity contribution in [1.82, 2.24) is 0 Å². The number of methoxy groups -OCH3 is 1. The van der Waals surface area contributed by atoms with Gasteiger partial charge in [-0.1, -0.05) is 35.5 Å². The van der Waals surface area contributed by atoms with E-state index in [-0.39, 0.29) is 6.42 Å². The zero-order chi connectivity index (χ0) is 17.9. The molecular formula is C19H19NO5. The maximum atomic E-state index is 11.3. The zero-order valence-corrected chi connectivity index (χ0v) is 14.1. The summed E-state index contributed by atoms with van der Waals surface area (Å²) in [6.07, 6.45) is 0.190. The molecule has 0 radical (unpaired) electrons. The van der Waals surface area contributed by atoms with Crippen molar-refractivity contribution < 1.29 is 24.2 Å². The second kappa shape index (κ2) is 6.84. The number of ether oxygens (including phenoxy) is 2. The Morgan fingerprint density at radius 1 is 1.24 bits per heavy atom. The van der Waals surface area contributed by atoms with Gasteiger partial charge in [-0.15, -0.1) is 0 Å². The van der Waals surface area contributed by atoms with E-state index in [9.17, 15) is 9.90 Å². The van der Waals surface area contributed by atoms with E-state index in [0.717, 1.165) is 11.1 Å². The van der Waals surface area contributed by atoms with Gasteiger partial charge in [-0.3, -0.25) is 0 Å². The molecule has 0 aromatic heterocycles. The largest absolute Gasteiger partial charge is 0.493 e. The van der Waals surface area contributed by atoms with Crippen LogP contribution in [0.1, 0.15) is 24.5 Å². The third-order valence-electron chi connectivity index (χ3n) is 4.05. The maximum Gasteiger partial charge on any atom is 0.351 e. The Hall–Kier alpha value is -3.02. The Labute approximate surface area is 145 Å². The van der Waals surface area contributed by atoms with E-state index in [1.165, 1.54) is 6.92 Å². The minimum Gasteiger partial charge on any atom is -0.493 e. The van der Waals surface area contributed by atoms with Gasteiger partial charge in [0.1, 0.15) is 6.61 Å². The molecule has 6 heteroatoms. The van der Waals surface area contributed by atoms with Crippen molar-refractivity contribution in [2.45, 2.75) is 25.6 Å². The molecule has 3 rings (SSSR count). The second-order valence-corrected chi connectivity index (χ2v) is 5.98. The van der Waals surface area contributed by atoms with E-state index in [1.807, 2.05) is 36.4 Å². The summed E-state index contributed by atoms with van der Waals surface area (Å²) in [5, 5.41) is 13.1. The highest BCUT2D eigenvalue weighted by Crippen LogP contribution is 2.32. The number of oxime groups is 1. The fourth-order valence-electron chi connectivity index (χ4n) is 2.51. The number of hydrogen-bond donors (Lipinski definition) is 1. The minimum absolute atomic E-state index is 0.190. The third-order valence-corrected chi connectivity index (χ3v) is 4.05. The number of carboxylic acids is 1. The smallest absolute Gasteiger partial charge is 0.351 e. The number of aliphatic carboxylic acids is 1. The molecule has 1 heterocycles. The van der Waals surface area contributed by atoms with Gasteiger partial charge in [0, 0.05) is 12.0 Å². The Bertz CT molecular complexity index is 803. The van der Waals surface area contributed by atoms with Crippen LogP contribution in [0.5, 0.6) is 11.5 Å². The molecule has 1 unspecified atom stereocenters. The summed E-state index contributed by atoms with van der Waals surface area (Å²) >= 11 is 0. The first kappa shape index (κ1) is 16.8. The van der Waals surface area contributed by atoms with Crippen molar-refractivity contribution in [3.63, 3.8) is 0 Å². The van der Waals surface area contributed by atoms with Crippen molar-refractivity contribution in [3.8, 4) is 11.5 Å². The molecule has 0 saturated carbocycles. The molecule has 25 heavy (non-hydrogen) atoms. The van der Waals surface area contributed by atoms with Gasteiger partial charge in [-0.25, -0.2) is 4.79 Å². The van der Waals surface area contributed by atoms with Crippen LogP contribution in [0.15, 0.2) is 53.7 Å². The number of carboxylic acid groups (broad SMARTS) is 1. The van der Waals surface area contributed by atoms with E-state index < -0.39 is 11.6 Å². The maximum absolute atomic E-state index is 11.3. The Balaban J connectivity index is 1.75. The highest BCUT2D eigenvalue weighted by molar-refractivity contribution is 6.04. The molecule has 0 spiro atoms. The van der Waals surface area contributed by atoms with Gasteiger partial charge in [0.25, 0.3) is 0 Å². The van der Waals surface area contributed by atoms with Crippen LogP contribution in [0.2, 0.25) is 0 Å². The van der Waals surface area contributed by atoms with E-state index in [2.05, 4.69) is 5.16 Å². The molecule has 1 aliphatic rings. The van der Waals surface area contributed by atoms with Crippen LogP contribution in [0.3, 0.4) is 0 Å². The Morgan fingerprint density at radius 2 is 2.00 bits per heavy atom. The number of carbonyl (C=O) groups is 1. The van der Waals surface area contributed by atoms with Gasteiger partial charge in [0.05, 0.1) is 12.8 Å². The number of rotatable bonds is 6. The van der Waals surface area contributed by atoms with Crippen molar-refractivity contribution >= 4 is 11.7 Å². The standard InChI is InChI=1S/C19H19NO5/c1-19(18(21)22)11-15(20-25-19)14-8-9-16(17(10-14)23-2)24-12-13-6-4-3-5-7-13/h3-10H,11-12H2,1-2H3,(H,21,22). The molecule has 1 atom stereocenters. The van der Waals surface area contributed by atoms with Gasteiger partial charge < -0.3 is 19.4 Å². The van der Waals surface area contributed by atoms with Gasteiger partial charge in [0.15, 0.2) is 11.5 Å². The normalized spacial score (nSPS) is 19.0. The molecule has 0 saturated heterocycles. The summed E-state index contributed by atoms with van der Waals surface area (Å²) in [5.41, 5.74) is 1.04. The molecule has 2 aromatic rings. The van der Waals surface area contributed by atoms with Crippen LogP contribution >= 0.6 is 0 Å². The summed E-state index contributed by atoms with van der Waals surface area (Å²) in [7, 11) is 1.56. The average molecular weight is 341 g/mol. The first-order chi connectivity index (χ1) is 12.0. The van der Waals surface area contributed by atoms with Gasteiger partial charge in [-0.05, 0) is 30.7 Å². The van der Waals surface area contributed by atoms with Crippen LogP contribution in [-0.4, -0.2) is 29.5 Å². The number of hydrogen-bond acceptors (Lipinski definition) is 5. The highest BCUT2D eigenvalue weighted by Gasteiger charge is 2.42. The molecular weight excluding hydrogens is 322 g/mol.